The van der Waals surface area contributed by atoms with Crippen molar-refractivity contribution in [1.82, 2.24) is 15.5 Å². The van der Waals surface area contributed by atoms with E-state index in [1.54, 1.807) is 0 Å². The predicted octanol–water partition coefficient (Wildman–Crippen LogP) is 2.41. The molecule has 5 nitrogen and oxygen atoms in total. The van der Waals surface area contributed by atoms with Crippen LogP contribution in [0.15, 0.2) is 30.3 Å². The number of nitrogens with zero attached hydrogens (tertiary/aromatic N) is 1. The number of aliphatic hydroxyl groups excluding tert-OH is 1. The van der Waals surface area contributed by atoms with Crippen LogP contribution in [-0.4, -0.2) is 27.8 Å². The van der Waals surface area contributed by atoms with Gasteiger partial charge in [-0.25, -0.2) is 0 Å². The SMILES string of the molecule is Cc1cc(CC(=O)NCC(O)c2ccc(C(C)(C)C)cc2)n[nH]1. The van der Waals surface area contributed by atoms with Crippen LogP contribution in [0.4, 0.5) is 0 Å². The van der Waals surface area contributed by atoms with Crippen molar-refractivity contribution in [2.75, 3.05) is 6.54 Å². The third kappa shape index (κ3) is 4.93. The summed E-state index contributed by atoms with van der Waals surface area (Å²) < 4.78 is 0. The van der Waals surface area contributed by atoms with Crippen molar-refractivity contribution in [2.24, 2.45) is 0 Å². The maximum atomic E-state index is 11.9. The number of rotatable bonds is 5. The number of hydrogen-bond donors (Lipinski definition) is 3. The molecule has 1 atom stereocenters. The molecule has 0 aliphatic heterocycles. The van der Waals surface area contributed by atoms with Crippen molar-refractivity contribution < 1.29 is 9.90 Å². The Morgan fingerprint density at radius 1 is 1.30 bits per heavy atom. The lowest BCUT2D eigenvalue weighted by Crippen LogP contribution is -2.29. The van der Waals surface area contributed by atoms with Crippen LogP contribution in [0.3, 0.4) is 0 Å². The summed E-state index contributed by atoms with van der Waals surface area (Å²) in [4.78, 5) is 11.9. The van der Waals surface area contributed by atoms with Crippen molar-refractivity contribution in [3.63, 3.8) is 0 Å². The molecule has 5 heteroatoms. The molecule has 0 aliphatic carbocycles. The molecule has 0 saturated carbocycles. The molecule has 0 saturated heterocycles. The van der Waals surface area contributed by atoms with Crippen LogP contribution in [0.5, 0.6) is 0 Å². The van der Waals surface area contributed by atoms with Crippen LogP contribution in [-0.2, 0) is 16.6 Å². The number of H-pyrrole nitrogens is 1. The van der Waals surface area contributed by atoms with Crippen molar-refractivity contribution >= 4 is 5.91 Å². The fourth-order valence-electron chi connectivity index (χ4n) is 2.33. The first kappa shape index (κ1) is 17.2. The lowest BCUT2D eigenvalue weighted by atomic mass is 9.86. The van der Waals surface area contributed by atoms with Crippen molar-refractivity contribution in [1.29, 1.82) is 0 Å². The number of carbonyl (C=O) groups excluding carboxylic acids is 1. The molecule has 1 aromatic heterocycles. The van der Waals surface area contributed by atoms with Gasteiger partial charge in [0, 0.05) is 12.2 Å². The molecule has 1 aromatic carbocycles. The summed E-state index contributed by atoms with van der Waals surface area (Å²) in [6.45, 7) is 8.52. The van der Waals surface area contributed by atoms with Crippen LogP contribution in [0.1, 0.15) is 49.4 Å². The standard InChI is InChI=1S/C18H25N3O2/c1-12-9-15(21-20-12)10-17(23)19-11-16(22)13-5-7-14(8-6-13)18(2,3)4/h5-9,16,22H,10-11H2,1-4H3,(H,19,23)(H,20,21). The fraction of sp³-hybridized carbons (Fsp3) is 0.444. The summed E-state index contributed by atoms with van der Waals surface area (Å²) in [5.74, 6) is -0.151. The summed E-state index contributed by atoms with van der Waals surface area (Å²) in [6, 6.07) is 9.70. The number of carbonyl (C=O) groups is 1. The topological polar surface area (TPSA) is 78.0 Å². The van der Waals surface area contributed by atoms with Gasteiger partial charge < -0.3 is 10.4 Å². The van der Waals surface area contributed by atoms with E-state index in [1.807, 2.05) is 37.3 Å². The predicted molar refractivity (Wildman–Crippen MR) is 90.1 cm³/mol. The van der Waals surface area contributed by atoms with Crippen LogP contribution in [0, 0.1) is 6.92 Å². The minimum Gasteiger partial charge on any atom is -0.387 e. The highest BCUT2D eigenvalue weighted by atomic mass is 16.3. The Hall–Kier alpha value is -2.14. The zero-order valence-electron chi connectivity index (χ0n) is 14.2. The molecule has 23 heavy (non-hydrogen) atoms. The normalized spacial score (nSPS) is 12.9. The van der Waals surface area contributed by atoms with Gasteiger partial charge in [0.25, 0.3) is 0 Å². The zero-order chi connectivity index (χ0) is 17.0. The highest BCUT2D eigenvalue weighted by Gasteiger charge is 2.15. The van der Waals surface area contributed by atoms with Crippen LogP contribution < -0.4 is 5.32 Å². The van der Waals surface area contributed by atoms with E-state index in [2.05, 4.69) is 36.3 Å². The van der Waals surface area contributed by atoms with E-state index < -0.39 is 6.10 Å². The highest BCUT2D eigenvalue weighted by Crippen LogP contribution is 2.23. The van der Waals surface area contributed by atoms with Gasteiger partial charge in [-0.15, -0.1) is 0 Å². The molecule has 0 radical (unpaired) electrons. The fourth-order valence-corrected chi connectivity index (χ4v) is 2.33. The van der Waals surface area contributed by atoms with Gasteiger partial charge >= 0.3 is 0 Å². The zero-order valence-corrected chi connectivity index (χ0v) is 14.2. The summed E-state index contributed by atoms with van der Waals surface area (Å²) >= 11 is 0. The van der Waals surface area contributed by atoms with Crippen LogP contribution in [0.2, 0.25) is 0 Å². The van der Waals surface area contributed by atoms with E-state index in [1.165, 1.54) is 5.56 Å². The molecular weight excluding hydrogens is 290 g/mol. The second-order valence-corrected chi connectivity index (χ2v) is 6.91. The second-order valence-electron chi connectivity index (χ2n) is 6.91. The molecule has 1 heterocycles. The molecule has 124 valence electrons. The Morgan fingerprint density at radius 3 is 2.48 bits per heavy atom. The smallest absolute Gasteiger partial charge is 0.226 e. The van der Waals surface area contributed by atoms with Gasteiger partial charge in [0.2, 0.25) is 5.91 Å². The van der Waals surface area contributed by atoms with Gasteiger partial charge in [0.05, 0.1) is 18.2 Å². The monoisotopic (exact) mass is 315 g/mol. The molecule has 0 fully saturated rings. The Bertz CT molecular complexity index is 654. The lowest BCUT2D eigenvalue weighted by molar-refractivity contribution is -0.120. The summed E-state index contributed by atoms with van der Waals surface area (Å²) in [6.07, 6.45) is -0.506. The molecule has 1 unspecified atom stereocenters. The molecule has 0 aliphatic rings. The van der Waals surface area contributed by atoms with Gasteiger partial charge in [0.15, 0.2) is 0 Å². The lowest BCUT2D eigenvalue weighted by Gasteiger charge is -2.20. The minimum atomic E-state index is -0.714. The van der Waals surface area contributed by atoms with Crippen molar-refractivity contribution in [3.8, 4) is 0 Å². The van der Waals surface area contributed by atoms with Gasteiger partial charge in [-0.3, -0.25) is 9.89 Å². The number of hydrogen-bond acceptors (Lipinski definition) is 3. The van der Waals surface area contributed by atoms with E-state index in [-0.39, 0.29) is 24.3 Å². The van der Waals surface area contributed by atoms with Crippen LogP contribution >= 0.6 is 0 Å². The second kappa shape index (κ2) is 6.96. The molecule has 0 spiro atoms. The summed E-state index contributed by atoms with van der Waals surface area (Å²) in [5.41, 5.74) is 3.72. The molecule has 0 bridgehead atoms. The number of benzene rings is 1. The molecular formula is C18H25N3O2. The first-order chi connectivity index (χ1) is 10.8. The average molecular weight is 315 g/mol. The number of aromatic amines is 1. The number of aryl methyl sites for hydroxylation is 1. The van der Waals surface area contributed by atoms with Gasteiger partial charge in [0.1, 0.15) is 0 Å². The van der Waals surface area contributed by atoms with Gasteiger partial charge in [-0.1, -0.05) is 45.0 Å². The van der Waals surface area contributed by atoms with Gasteiger partial charge in [-0.05, 0) is 29.5 Å². The third-order valence-electron chi connectivity index (χ3n) is 3.75. The summed E-state index contributed by atoms with van der Waals surface area (Å²) in [5, 5.41) is 19.8. The Labute approximate surface area is 137 Å². The Balaban J connectivity index is 1.86. The van der Waals surface area contributed by atoms with Crippen LogP contribution in [0.25, 0.3) is 0 Å². The van der Waals surface area contributed by atoms with E-state index in [9.17, 15) is 9.90 Å². The minimum absolute atomic E-state index is 0.0827. The third-order valence-corrected chi connectivity index (χ3v) is 3.75. The van der Waals surface area contributed by atoms with E-state index in [0.29, 0.717) is 5.69 Å². The Morgan fingerprint density at radius 2 is 1.96 bits per heavy atom. The number of aliphatic hydroxyl groups is 1. The molecule has 2 aromatic rings. The Kier molecular flexibility index (Phi) is 5.21. The number of aromatic nitrogens is 2. The first-order valence-corrected chi connectivity index (χ1v) is 7.82. The van der Waals surface area contributed by atoms with Crippen molar-refractivity contribution in [2.45, 2.75) is 45.6 Å². The quantitative estimate of drug-likeness (QED) is 0.793. The summed E-state index contributed by atoms with van der Waals surface area (Å²) in [7, 11) is 0. The first-order valence-electron chi connectivity index (χ1n) is 7.82. The average Bonchev–Trinajstić information content (AvgIpc) is 2.89. The maximum absolute atomic E-state index is 11.9. The highest BCUT2D eigenvalue weighted by molar-refractivity contribution is 5.78. The van der Waals surface area contributed by atoms with Crippen molar-refractivity contribution in [3.05, 3.63) is 52.8 Å². The largest absolute Gasteiger partial charge is 0.387 e. The molecule has 3 N–H and O–H groups in total. The van der Waals surface area contributed by atoms with Gasteiger partial charge in [-0.2, -0.15) is 5.10 Å². The maximum Gasteiger partial charge on any atom is 0.226 e. The molecule has 2 rings (SSSR count). The van der Waals surface area contributed by atoms with E-state index >= 15 is 0 Å². The van der Waals surface area contributed by atoms with E-state index in [4.69, 9.17) is 0 Å². The van der Waals surface area contributed by atoms with E-state index in [0.717, 1.165) is 11.3 Å². The number of amides is 1. The number of nitrogens with one attached hydrogen (secondary N) is 2. The molecule has 1 amide bonds.